The summed E-state index contributed by atoms with van der Waals surface area (Å²) >= 11 is 0. The molecule has 3 rings (SSSR count). The van der Waals surface area contributed by atoms with E-state index in [2.05, 4.69) is 0 Å². The van der Waals surface area contributed by atoms with E-state index in [0.29, 0.717) is 39.3 Å². The second-order valence-electron chi connectivity index (χ2n) is 7.15. The van der Waals surface area contributed by atoms with Crippen LogP contribution in [0.1, 0.15) is 48.4 Å². The van der Waals surface area contributed by atoms with Gasteiger partial charge in [-0.05, 0) is 45.6 Å². The number of piperidine rings is 1. The van der Waals surface area contributed by atoms with Crippen LogP contribution in [0.5, 0.6) is 0 Å². The fourth-order valence-corrected chi connectivity index (χ4v) is 5.29. The predicted octanol–water partition coefficient (Wildman–Crippen LogP) is 1.34. The van der Waals surface area contributed by atoms with Crippen molar-refractivity contribution < 1.29 is 22.4 Å². The van der Waals surface area contributed by atoms with Crippen molar-refractivity contribution in [3.8, 4) is 0 Å². The molecule has 1 aromatic heterocycles. The first-order valence-electron chi connectivity index (χ1n) is 9.65. The first-order valence-corrected chi connectivity index (χ1v) is 11.1. The Bertz CT molecular complexity index is 747. The van der Waals surface area contributed by atoms with Crippen LogP contribution in [0.2, 0.25) is 0 Å². The highest BCUT2D eigenvalue weighted by atomic mass is 32.2. The molecular weight excluding hydrogens is 370 g/mol. The lowest BCUT2D eigenvalue weighted by Gasteiger charge is -2.31. The number of carbonyl (C=O) groups excluding carboxylic acids is 1. The molecule has 2 aliphatic rings. The first kappa shape index (κ1) is 20.3. The van der Waals surface area contributed by atoms with Gasteiger partial charge in [0.2, 0.25) is 10.0 Å². The van der Waals surface area contributed by atoms with Crippen molar-refractivity contribution in [2.45, 2.75) is 50.0 Å². The predicted molar refractivity (Wildman–Crippen MR) is 100.0 cm³/mol. The molecule has 9 heteroatoms. The number of sulfonamides is 1. The fourth-order valence-electron chi connectivity index (χ4n) is 3.61. The average molecular weight is 400 g/mol. The van der Waals surface area contributed by atoms with E-state index in [9.17, 15) is 13.2 Å². The summed E-state index contributed by atoms with van der Waals surface area (Å²) in [6, 6.07) is 1.38. The molecule has 2 N–H and O–H groups in total. The molecule has 2 saturated heterocycles. The van der Waals surface area contributed by atoms with Crippen molar-refractivity contribution >= 4 is 15.9 Å². The molecule has 0 radical (unpaired) electrons. The Morgan fingerprint density at radius 1 is 1.26 bits per heavy atom. The number of carbonyl (C=O) groups is 1. The van der Waals surface area contributed by atoms with Crippen LogP contribution in [0, 0.1) is 6.92 Å². The summed E-state index contributed by atoms with van der Waals surface area (Å²) < 4.78 is 38.3. The molecule has 27 heavy (non-hydrogen) atoms. The highest BCUT2D eigenvalue weighted by Crippen LogP contribution is 2.27. The highest BCUT2D eigenvalue weighted by Gasteiger charge is 2.33. The quantitative estimate of drug-likeness (QED) is 0.694. The van der Waals surface area contributed by atoms with Crippen molar-refractivity contribution in [1.82, 2.24) is 9.21 Å². The molecule has 0 bridgehead atoms. The third kappa shape index (κ3) is 4.53. The van der Waals surface area contributed by atoms with Gasteiger partial charge in [-0.25, -0.2) is 8.42 Å². The molecule has 0 aromatic carbocycles. The van der Waals surface area contributed by atoms with Gasteiger partial charge in [0.05, 0.1) is 6.10 Å². The Morgan fingerprint density at radius 2 is 1.93 bits per heavy atom. The summed E-state index contributed by atoms with van der Waals surface area (Å²) in [5.41, 5.74) is 5.47. The molecule has 1 aromatic rings. The van der Waals surface area contributed by atoms with Gasteiger partial charge in [-0.2, -0.15) is 4.31 Å². The third-order valence-corrected chi connectivity index (χ3v) is 7.20. The lowest BCUT2D eigenvalue weighted by atomic mass is 10.1. The summed E-state index contributed by atoms with van der Waals surface area (Å²) in [5.74, 6) is 0.0967. The number of nitrogens with zero attached hydrogens (tertiary/aromatic N) is 2. The maximum Gasteiger partial charge on any atom is 0.289 e. The van der Waals surface area contributed by atoms with E-state index in [0.717, 1.165) is 32.1 Å². The van der Waals surface area contributed by atoms with Gasteiger partial charge in [0, 0.05) is 38.9 Å². The Kier molecular flexibility index (Phi) is 6.56. The molecule has 0 aliphatic carbocycles. The largest absolute Gasteiger partial charge is 0.455 e. The number of nitrogens with two attached hydrogens (primary N) is 1. The Balaban J connectivity index is 1.63. The molecule has 0 unspecified atom stereocenters. The van der Waals surface area contributed by atoms with Gasteiger partial charge in [-0.15, -0.1) is 0 Å². The molecule has 0 saturated carbocycles. The number of hydrogen-bond acceptors (Lipinski definition) is 6. The second kappa shape index (κ2) is 8.72. The summed E-state index contributed by atoms with van der Waals surface area (Å²) in [6.45, 7) is 5.03. The van der Waals surface area contributed by atoms with Crippen molar-refractivity contribution in [3.63, 3.8) is 0 Å². The molecule has 3 heterocycles. The van der Waals surface area contributed by atoms with Gasteiger partial charge < -0.3 is 19.8 Å². The smallest absolute Gasteiger partial charge is 0.289 e. The van der Waals surface area contributed by atoms with Gasteiger partial charge in [0.1, 0.15) is 10.7 Å². The van der Waals surface area contributed by atoms with Gasteiger partial charge in [-0.3, -0.25) is 4.79 Å². The molecule has 1 amide bonds. The van der Waals surface area contributed by atoms with Crippen molar-refractivity contribution in [1.29, 1.82) is 0 Å². The first-order chi connectivity index (χ1) is 12.9. The summed E-state index contributed by atoms with van der Waals surface area (Å²) in [4.78, 5) is 14.6. The van der Waals surface area contributed by atoms with Crippen LogP contribution in [0.4, 0.5) is 0 Å². The second-order valence-corrected chi connectivity index (χ2v) is 9.05. The zero-order chi connectivity index (χ0) is 19.4. The van der Waals surface area contributed by atoms with Gasteiger partial charge in [0.25, 0.3) is 5.91 Å². The minimum Gasteiger partial charge on any atom is -0.455 e. The fraction of sp³-hybridized carbons (Fsp3) is 0.722. The Hall–Kier alpha value is -1.42. The molecule has 2 aliphatic heterocycles. The van der Waals surface area contributed by atoms with Crippen LogP contribution < -0.4 is 5.73 Å². The Labute approximate surface area is 160 Å². The summed E-state index contributed by atoms with van der Waals surface area (Å²) in [5, 5.41) is 0. The van der Waals surface area contributed by atoms with Crippen LogP contribution in [-0.4, -0.2) is 69.0 Å². The minimum atomic E-state index is -3.60. The topological polar surface area (TPSA) is 106 Å². The SMILES string of the molecule is Cc1oc(C(=O)N2CCC(OCCCN)CC2)cc1S(=O)(=O)N1CCCC1. The van der Waals surface area contributed by atoms with E-state index < -0.39 is 10.0 Å². The minimum absolute atomic E-state index is 0.0905. The van der Waals surface area contributed by atoms with Gasteiger partial charge >= 0.3 is 0 Å². The molecule has 0 atom stereocenters. The number of rotatable bonds is 7. The van der Waals surface area contributed by atoms with Crippen LogP contribution in [-0.2, 0) is 14.8 Å². The van der Waals surface area contributed by atoms with Crippen molar-refractivity contribution in [2.24, 2.45) is 5.73 Å². The standard InChI is InChI=1S/C18H29N3O5S/c1-14-17(27(23,24)21-8-2-3-9-21)13-16(26-14)18(22)20-10-5-15(6-11-20)25-12-4-7-19/h13,15H,2-12,19H2,1H3. The number of likely N-dealkylation sites (tertiary alicyclic amines) is 1. The van der Waals surface area contributed by atoms with Gasteiger partial charge in [-0.1, -0.05) is 0 Å². The lowest BCUT2D eigenvalue weighted by Crippen LogP contribution is -2.41. The highest BCUT2D eigenvalue weighted by molar-refractivity contribution is 7.89. The van der Waals surface area contributed by atoms with Crippen molar-refractivity contribution in [3.05, 3.63) is 17.6 Å². The van der Waals surface area contributed by atoms with E-state index in [1.165, 1.54) is 10.4 Å². The van der Waals surface area contributed by atoms with Crippen molar-refractivity contribution in [2.75, 3.05) is 39.3 Å². The van der Waals surface area contributed by atoms with E-state index >= 15 is 0 Å². The van der Waals surface area contributed by atoms with E-state index in [4.69, 9.17) is 14.9 Å². The number of ether oxygens (including phenoxy) is 1. The number of amides is 1. The molecule has 152 valence electrons. The van der Waals surface area contributed by atoms with Gasteiger partial charge in [0.15, 0.2) is 5.76 Å². The molecule has 8 nitrogen and oxygen atoms in total. The third-order valence-electron chi connectivity index (χ3n) is 5.20. The molecule has 2 fully saturated rings. The molecule has 0 spiro atoms. The zero-order valence-electron chi connectivity index (χ0n) is 15.9. The average Bonchev–Trinajstić information content (AvgIpc) is 3.32. The normalized spacial score (nSPS) is 19.7. The monoisotopic (exact) mass is 399 g/mol. The maximum absolute atomic E-state index is 12.8. The van der Waals surface area contributed by atoms with E-state index in [1.54, 1.807) is 11.8 Å². The number of furan rings is 1. The Morgan fingerprint density at radius 3 is 2.56 bits per heavy atom. The summed E-state index contributed by atoms with van der Waals surface area (Å²) in [6.07, 6.45) is 4.22. The number of hydrogen-bond donors (Lipinski definition) is 1. The maximum atomic E-state index is 12.8. The number of aryl methyl sites for hydroxylation is 1. The van der Waals surface area contributed by atoms with Crippen LogP contribution in [0.25, 0.3) is 0 Å². The summed E-state index contributed by atoms with van der Waals surface area (Å²) in [7, 11) is -3.60. The van der Waals surface area contributed by atoms with Crippen LogP contribution in [0.15, 0.2) is 15.4 Å². The van der Waals surface area contributed by atoms with E-state index in [-0.39, 0.29) is 28.4 Å². The van der Waals surface area contributed by atoms with Crippen LogP contribution in [0.3, 0.4) is 0 Å². The lowest BCUT2D eigenvalue weighted by molar-refractivity contribution is 0.00761. The van der Waals surface area contributed by atoms with Crippen LogP contribution >= 0.6 is 0 Å². The van der Waals surface area contributed by atoms with E-state index in [1.807, 2.05) is 0 Å². The molecular formula is C18H29N3O5S. The zero-order valence-corrected chi connectivity index (χ0v) is 16.7.